The average molecular weight is 599 g/mol. The standard InChI is InChI=1S/C35H42N4O5/c1-8-19-15(3)22-12-24-17(5)21(10-11-28(40)41)32(38-24)30-31(35(43)44-7)34(42)29-18(6)25(39-33(29)30)14-27-20(9-2)16(4)23(37-27)13-26(19)36-22/h12-14,17,21,31-32,36-39,42H,8-11H2,1-7H3,(H,40,41)/b23-13-,24-12-,27-14-/t17-,21-,31+,32?/m0/s1. The van der Waals surface area contributed by atoms with Crippen LogP contribution in [0.3, 0.4) is 0 Å². The van der Waals surface area contributed by atoms with Gasteiger partial charge in [-0.25, -0.2) is 0 Å². The number of methoxy groups -OCH3 is 1. The third-order valence-electron chi connectivity index (χ3n) is 10.3. The molecular weight excluding hydrogens is 556 g/mol. The zero-order chi connectivity index (χ0) is 31.6. The summed E-state index contributed by atoms with van der Waals surface area (Å²) in [6, 6.07) is -0.403. The lowest BCUT2D eigenvalue weighted by atomic mass is 9.80. The number of rotatable bonds is 6. The highest BCUT2D eigenvalue weighted by atomic mass is 16.5. The zero-order valence-electron chi connectivity index (χ0n) is 26.5. The van der Waals surface area contributed by atoms with Crippen molar-refractivity contribution < 1.29 is 24.5 Å². The van der Waals surface area contributed by atoms with Crippen molar-refractivity contribution in [3.8, 4) is 0 Å². The maximum atomic E-state index is 13.3. The number of aromatic amines is 3. The van der Waals surface area contributed by atoms with Gasteiger partial charge in [-0.1, -0.05) is 20.8 Å². The van der Waals surface area contributed by atoms with Gasteiger partial charge in [0.2, 0.25) is 0 Å². The number of ether oxygens (including phenoxy) is 1. The highest BCUT2D eigenvalue weighted by Gasteiger charge is 2.46. The van der Waals surface area contributed by atoms with Crippen molar-refractivity contribution >= 4 is 41.5 Å². The van der Waals surface area contributed by atoms with Crippen LogP contribution in [0, 0.1) is 38.5 Å². The summed E-state index contributed by atoms with van der Waals surface area (Å²) in [4.78, 5) is 35.9. The summed E-state index contributed by atoms with van der Waals surface area (Å²) in [5.41, 5.74) is 10.2. The van der Waals surface area contributed by atoms with Crippen LogP contribution in [0.15, 0.2) is 5.70 Å². The third-order valence-corrected chi connectivity index (χ3v) is 10.3. The Kier molecular flexibility index (Phi) is 7.38. The van der Waals surface area contributed by atoms with Crippen LogP contribution in [0.4, 0.5) is 0 Å². The van der Waals surface area contributed by atoms with Gasteiger partial charge in [0, 0.05) is 51.0 Å². The van der Waals surface area contributed by atoms with Crippen LogP contribution in [-0.2, 0) is 27.2 Å². The van der Waals surface area contributed by atoms with Crippen LogP contribution in [0.25, 0.3) is 29.6 Å². The van der Waals surface area contributed by atoms with Gasteiger partial charge < -0.3 is 35.2 Å². The number of aliphatic hydroxyl groups excluding tert-OH is 1. The Morgan fingerprint density at radius 3 is 2.23 bits per heavy atom. The maximum absolute atomic E-state index is 13.3. The fourth-order valence-electron chi connectivity index (χ4n) is 7.80. The second-order valence-corrected chi connectivity index (χ2v) is 12.4. The number of hydrogen-bond acceptors (Lipinski definition) is 5. The number of carboxylic acid groups (broad SMARTS) is 1. The largest absolute Gasteiger partial charge is 0.510 e. The highest BCUT2D eigenvalue weighted by molar-refractivity contribution is 5.95. The molecule has 9 heteroatoms. The number of carbonyl (C=O) groups is 2. The van der Waals surface area contributed by atoms with Crippen molar-refractivity contribution in [2.45, 2.75) is 73.3 Å². The van der Waals surface area contributed by atoms with E-state index >= 15 is 0 Å². The predicted octanol–water partition coefficient (Wildman–Crippen LogP) is 2.44. The molecule has 1 saturated heterocycles. The molecule has 5 heterocycles. The molecule has 3 aromatic rings. The molecule has 0 radical (unpaired) electrons. The lowest BCUT2D eigenvalue weighted by molar-refractivity contribution is -0.142. The summed E-state index contributed by atoms with van der Waals surface area (Å²) >= 11 is 0. The van der Waals surface area contributed by atoms with Crippen LogP contribution in [0.5, 0.6) is 0 Å². The minimum atomic E-state index is -0.991. The Balaban J connectivity index is 1.73. The van der Waals surface area contributed by atoms with E-state index in [1.165, 1.54) is 29.4 Å². The summed E-state index contributed by atoms with van der Waals surface area (Å²) in [5, 5.41) is 28.3. The Morgan fingerprint density at radius 1 is 0.886 bits per heavy atom. The summed E-state index contributed by atoms with van der Waals surface area (Å²) in [7, 11) is 1.33. The third kappa shape index (κ3) is 4.43. The number of aliphatic hydroxyl groups is 1. The number of carboxylic acids is 1. The lowest BCUT2D eigenvalue weighted by Gasteiger charge is -2.26. The summed E-state index contributed by atoms with van der Waals surface area (Å²) in [5.74, 6) is -2.61. The van der Waals surface area contributed by atoms with E-state index < -0.39 is 23.9 Å². The van der Waals surface area contributed by atoms with E-state index in [1.54, 1.807) is 0 Å². The topological polar surface area (TPSA) is 143 Å². The lowest BCUT2D eigenvalue weighted by Crippen LogP contribution is -2.38. The fourth-order valence-corrected chi connectivity index (χ4v) is 7.80. The van der Waals surface area contributed by atoms with E-state index in [0.29, 0.717) is 22.6 Å². The number of H-pyrrole nitrogens is 3. The van der Waals surface area contributed by atoms with Crippen LogP contribution in [0.2, 0.25) is 0 Å². The summed E-state index contributed by atoms with van der Waals surface area (Å²) in [6.45, 7) is 12.6. The fraction of sp³-hybridized carbons (Fsp3) is 0.429. The van der Waals surface area contributed by atoms with Gasteiger partial charge in [0.25, 0.3) is 0 Å². The van der Waals surface area contributed by atoms with Gasteiger partial charge in [0.1, 0.15) is 11.7 Å². The second kappa shape index (κ2) is 10.9. The highest BCUT2D eigenvalue weighted by Crippen LogP contribution is 2.42. The van der Waals surface area contributed by atoms with E-state index in [2.05, 4.69) is 73.1 Å². The summed E-state index contributed by atoms with van der Waals surface area (Å²) < 4.78 is 5.21. The molecule has 8 bridgehead atoms. The van der Waals surface area contributed by atoms with Gasteiger partial charge in [-0.15, -0.1) is 0 Å². The van der Waals surface area contributed by atoms with Crippen molar-refractivity contribution in [3.05, 3.63) is 71.9 Å². The SMILES string of the molecule is CCc1c2[nH]c(c1C)/C=C1\NC(C3=c4[nH]c(c(C)c4=C(O)[C@@H]3C(=O)OC)/C=c3\[nH]/c(c(C)c3CC)=C\2)[C@@H](CCC(=O)O)[C@@H]1C. The first kappa shape index (κ1) is 29.7. The number of aliphatic carboxylic acids is 1. The Hall–Kier alpha value is -4.40. The monoisotopic (exact) mass is 598 g/mol. The van der Waals surface area contributed by atoms with Gasteiger partial charge in [-0.3, -0.25) is 9.59 Å². The molecule has 2 aliphatic heterocycles. The first-order chi connectivity index (χ1) is 21.0. The molecule has 232 valence electrons. The molecule has 4 atom stereocenters. The normalized spacial score (nSPS) is 24.7. The maximum Gasteiger partial charge on any atom is 0.320 e. The van der Waals surface area contributed by atoms with E-state index in [4.69, 9.17) is 4.74 Å². The van der Waals surface area contributed by atoms with Crippen molar-refractivity contribution in [3.63, 3.8) is 0 Å². The molecular formula is C35H42N4O5. The number of esters is 1. The molecule has 6 N–H and O–H groups in total. The van der Waals surface area contributed by atoms with E-state index in [0.717, 1.165) is 51.9 Å². The van der Waals surface area contributed by atoms with Crippen molar-refractivity contribution in [2.75, 3.05) is 7.11 Å². The second-order valence-electron chi connectivity index (χ2n) is 12.4. The van der Waals surface area contributed by atoms with Crippen molar-refractivity contribution in [1.82, 2.24) is 20.3 Å². The molecule has 1 unspecified atom stereocenters. The van der Waals surface area contributed by atoms with Crippen LogP contribution in [0.1, 0.15) is 78.5 Å². The van der Waals surface area contributed by atoms with Crippen LogP contribution < -0.4 is 26.6 Å². The van der Waals surface area contributed by atoms with E-state index in [-0.39, 0.29) is 24.0 Å². The minimum Gasteiger partial charge on any atom is -0.510 e. The number of nitrogens with one attached hydrogen (secondary N) is 4. The van der Waals surface area contributed by atoms with Gasteiger partial charge in [-0.2, -0.15) is 0 Å². The van der Waals surface area contributed by atoms with E-state index in [9.17, 15) is 19.8 Å². The first-order valence-electron chi connectivity index (χ1n) is 15.6. The minimum absolute atomic E-state index is 0.00330. The molecule has 6 rings (SSSR count). The van der Waals surface area contributed by atoms with Crippen molar-refractivity contribution in [1.29, 1.82) is 0 Å². The average Bonchev–Trinajstić information content (AvgIpc) is 3.72. The number of allylic oxidation sites excluding steroid dienone is 1. The Morgan fingerprint density at radius 2 is 1.57 bits per heavy atom. The van der Waals surface area contributed by atoms with Gasteiger partial charge in [0.15, 0.2) is 0 Å². The van der Waals surface area contributed by atoms with Gasteiger partial charge in [-0.05, 0) is 97.6 Å². The van der Waals surface area contributed by atoms with Crippen LogP contribution in [-0.4, -0.2) is 50.3 Å². The zero-order valence-corrected chi connectivity index (χ0v) is 26.5. The molecule has 1 aliphatic carbocycles. The Bertz CT molecular complexity index is 1990. The molecule has 1 fully saturated rings. The molecule has 0 amide bonds. The molecule has 0 aromatic carbocycles. The molecule has 3 aromatic heterocycles. The van der Waals surface area contributed by atoms with Crippen LogP contribution >= 0.6 is 0 Å². The number of hydrogen-bond donors (Lipinski definition) is 6. The number of carbonyl (C=O) groups excluding carboxylic acids is 1. The molecule has 44 heavy (non-hydrogen) atoms. The molecule has 9 nitrogen and oxygen atoms in total. The quantitative estimate of drug-likeness (QED) is 0.241. The number of aromatic nitrogens is 3. The number of fused-ring (bicyclic) bond motifs is 8. The van der Waals surface area contributed by atoms with Gasteiger partial charge in [0.05, 0.1) is 18.5 Å². The van der Waals surface area contributed by atoms with Crippen molar-refractivity contribution in [2.24, 2.45) is 17.8 Å². The smallest absolute Gasteiger partial charge is 0.320 e. The van der Waals surface area contributed by atoms with E-state index in [1.807, 2.05) is 6.92 Å². The molecule has 0 spiro atoms. The summed E-state index contributed by atoms with van der Waals surface area (Å²) in [6.07, 6.45) is 8.53. The first-order valence-corrected chi connectivity index (χ1v) is 15.6. The molecule has 0 saturated carbocycles. The molecule has 3 aliphatic rings. The predicted molar refractivity (Wildman–Crippen MR) is 170 cm³/mol. The Labute approximate surface area is 256 Å². The van der Waals surface area contributed by atoms with Gasteiger partial charge >= 0.3 is 11.9 Å².